The first-order chi connectivity index (χ1) is 13.2. The van der Waals surface area contributed by atoms with Crippen LogP contribution in [0.25, 0.3) is 11.1 Å². The minimum absolute atomic E-state index is 0.765. The maximum Gasteiger partial charge on any atom is 0.118 e. The fourth-order valence-electron chi connectivity index (χ4n) is 4.41. The highest BCUT2D eigenvalue weighted by Gasteiger charge is 2.19. The molecule has 2 aromatic rings. The van der Waals surface area contributed by atoms with Crippen molar-refractivity contribution in [2.45, 2.75) is 58.3 Å². The number of rotatable bonds is 8. The van der Waals surface area contributed by atoms with E-state index in [0.29, 0.717) is 0 Å². The summed E-state index contributed by atoms with van der Waals surface area (Å²) in [6.45, 7) is 6.23. The third kappa shape index (κ3) is 5.25. The van der Waals surface area contributed by atoms with Crippen molar-refractivity contribution in [3.8, 4) is 16.9 Å². The van der Waals surface area contributed by atoms with E-state index < -0.39 is 0 Å². The van der Waals surface area contributed by atoms with Crippen LogP contribution in [0.15, 0.2) is 55.1 Å². The van der Waals surface area contributed by atoms with Gasteiger partial charge in [-0.3, -0.25) is 0 Å². The molecule has 0 amide bonds. The summed E-state index contributed by atoms with van der Waals surface area (Å²) in [4.78, 5) is 0. The van der Waals surface area contributed by atoms with Crippen LogP contribution in [0.1, 0.15) is 56.6 Å². The fourth-order valence-corrected chi connectivity index (χ4v) is 4.41. The molecule has 0 atom stereocenters. The second-order valence-corrected chi connectivity index (χ2v) is 8.03. The molecule has 27 heavy (non-hydrogen) atoms. The molecule has 0 heterocycles. The van der Waals surface area contributed by atoms with Gasteiger partial charge >= 0.3 is 0 Å². The summed E-state index contributed by atoms with van der Waals surface area (Å²) in [5, 5.41) is 0. The lowest BCUT2D eigenvalue weighted by atomic mass is 9.79. The zero-order valence-electron chi connectivity index (χ0n) is 17.0. The highest BCUT2D eigenvalue weighted by Crippen LogP contribution is 2.33. The molecule has 0 saturated heterocycles. The van der Waals surface area contributed by atoms with Crippen LogP contribution in [0.3, 0.4) is 0 Å². The Morgan fingerprint density at radius 2 is 1.74 bits per heavy atom. The molecule has 0 unspecified atom stereocenters. The minimum atomic E-state index is 0.765. The fraction of sp³-hybridized carbons (Fsp3) is 0.462. The van der Waals surface area contributed by atoms with Crippen LogP contribution in [0.4, 0.5) is 0 Å². The Kier molecular flexibility index (Phi) is 7.15. The molecule has 0 spiro atoms. The number of ether oxygens (including phenoxy) is 1. The van der Waals surface area contributed by atoms with Gasteiger partial charge in [0.15, 0.2) is 0 Å². The molecular weight excluding hydrogens is 328 g/mol. The van der Waals surface area contributed by atoms with Crippen molar-refractivity contribution < 1.29 is 4.74 Å². The molecule has 144 valence electrons. The van der Waals surface area contributed by atoms with E-state index in [4.69, 9.17) is 4.74 Å². The van der Waals surface area contributed by atoms with E-state index in [1.165, 1.54) is 67.2 Å². The lowest BCUT2D eigenvalue weighted by molar-refractivity contribution is 0.296. The van der Waals surface area contributed by atoms with Crippen molar-refractivity contribution in [3.63, 3.8) is 0 Å². The summed E-state index contributed by atoms with van der Waals surface area (Å²) in [5.74, 6) is 2.58. The predicted octanol–water partition coefficient (Wildman–Crippen LogP) is 7.24. The molecular formula is C26H34O. The van der Waals surface area contributed by atoms with Gasteiger partial charge in [0.05, 0.1) is 7.11 Å². The normalized spacial score (nSPS) is 19.6. The van der Waals surface area contributed by atoms with Gasteiger partial charge in [0.1, 0.15) is 5.75 Å². The molecule has 1 fully saturated rings. The molecule has 3 rings (SSSR count). The van der Waals surface area contributed by atoms with Crippen LogP contribution in [0.2, 0.25) is 0 Å². The zero-order valence-corrected chi connectivity index (χ0v) is 17.0. The van der Waals surface area contributed by atoms with E-state index in [9.17, 15) is 0 Å². The SMILES string of the molecule is C=CC1CCC(CCc2ccc(-c3ccc(OC)cc3)c(CCC)c2)CC1. The van der Waals surface area contributed by atoms with Gasteiger partial charge in [-0.15, -0.1) is 6.58 Å². The Labute approximate surface area is 165 Å². The second kappa shape index (κ2) is 9.78. The lowest BCUT2D eigenvalue weighted by Crippen LogP contribution is -2.13. The van der Waals surface area contributed by atoms with Crippen LogP contribution in [-0.2, 0) is 12.8 Å². The van der Waals surface area contributed by atoms with Gasteiger partial charge in [-0.2, -0.15) is 0 Å². The maximum absolute atomic E-state index is 5.30. The second-order valence-electron chi connectivity index (χ2n) is 8.03. The average molecular weight is 363 g/mol. The Morgan fingerprint density at radius 3 is 2.37 bits per heavy atom. The number of methoxy groups -OCH3 is 1. The van der Waals surface area contributed by atoms with Crippen molar-refractivity contribution in [1.29, 1.82) is 0 Å². The van der Waals surface area contributed by atoms with Gasteiger partial charge in [0.2, 0.25) is 0 Å². The largest absolute Gasteiger partial charge is 0.497 e. The molecule has 0 aromatic heterocycles. The van der Waals surface area contributed by atoms with Crippen molar-refractivity contribution in [1.82, 2.24) is 0 Å². The van der Waals surface area contributed by atoms with E-state index in [2.05, 4.69) is 62.0 Å². The number of hydrogen-bond acceptors (Lipinski definition) is 1. The molecule has 0 radical (unpaired) electrons. The Bertz CT molecular complexity index is 720. The third-order valence-electron chi connectivity index (χ3n) is 6.16. The topological polar surface area (TPSA) is 9.23 Å². The lowest BCUT2D eigenvalue weighted by Gasteiger charge is -2.26. The summed E-state index contributed by atoms with van der Waals surface area (Å²) >= 11 is 0. The Balaban J connectivity index is 1.68. The smallest absolute Gasteiger partial charge is 0.118 e. The first kappa shape index (κ1) is 19.7. The molecule has 1 aliphatic rings. The molecule has 1 nitrogen and oxygen atoms in total. The Hall–Kier alpha value is -2.02. The minimum Gasteiger partial charge on any atom is -0.497 e. The van der Waals surface area contributed by atoms with Crippen LogP contribution in [-0.4, -0.2) is 7.11 Å². The zero-order chi connectivity index (χ0) is 19.1. The summed E-state index contributed by atoms with van der Waals surface area (Å²) in [6, 6.07) is 15.6. The molecule has 2 aromatic carbocycles. The van der Waals surface area contributed by atoms with Crippen LogP contribution in [0, 0.1) is 11.8 Å². The Morgan fingerprint density at radius 1 is 1.00 bits per heavy atom. The van der Waals surface area contributed by atoms with E-state index in [-0.39, 0.29) is 0 Å². The van der Waals surface area contributed by atoms with Crippen molar-refractivity contribution in [2.75, 3.05) is 7.11 Å². The van der Waals surface area contributed by atoms with Crippen LogP contribution < -0.4 is 4.74 Å². The molecule has 0 bridgehead atoms. The van der Waals surface area contributed by atoms with Crippen LogP contribution >= 0.6 is 0 Å². The van der Waals surface area contributed by atoms with Gasteiger partial charge in [-0.05, 0) is 91.2 Å². The van der Waals surface area contributed by atoms with Gasteiger partial charge in [0, 0.05) is 0 Å². The van der Waals surface area contributed by atoms with Gasteiger partial charge in [-0.25, -0.2) is 0 Å². The predicted molar refractivity (Wildman–Crippen MR) is 116 cm³/mol. The number of allylic oxidation sites excluding steroid dienone is 1. The highest BCUT2D eigenvalue weighted by molar-refractivity contribution is 5.68. The molecule has 1 aliphatic carbocycles. The van der Waals surface area contributed by atoms with Crippen molar-refractivity contribution in [2.24, 2.45) is 11.8 Å². The quantitative estimate of drug-likeness (QED) is 0.450. The monoisotopic (exact) mass is 362 g/mol. The third-order valence-corrected chi connectivity index (χ3v) is 6.16. The first-order valence-electron chi connectivity index (χ1n) is 10.6. The van der Waals surface area contributed by atoms with Gasteiger partial charge in [-0.1, -0.05) is 49.8 Å². The van der Waals surface area contributed by atoms with Gasteiger partial charge < -0.3 is 4.74 Å². The maximum atomic E-state index is 5.30. The summed E-state index contributed by atoms with van der Waals surface area (Å²) < 4.78 is 5.30. The van der Waals surface area contributed by atoms with Crippen molar-refractivity contribution >= 4 is 0 Å². The molecule has 0 N–H and O–H groups in total. The van der Waals surface area contributed by atoms with Gasteiger partial charge in [0.25, 0.3) is 0 Å². The van der Waals surface area contributed by atoms with E-state index in [1.807, 2.05) is 0 Å². The van der Waals surface area contributed by atoms with E-state index in [0.717, 1.165) is 24.0 Å². The van der Waals surface area contributed by atoms with E-state index in [1.54, 1.807) is 7.11 Å². The summed E-state index contributed by atoms with van der Waals surface area (Å²) in [7, 11) is 1.72. The molecule has 0 aliphatic heterocycles. The van der Waals surface area contributed by atoms with Crippen molar-refractivity contribution in [3.05, 3.63) is 66.2 Å². The standard InChI is InChI=1S/C26H34O/c1-4-6-24-19-22(12-11-21-9-7-20(5-2)8-10-21)13-18-26(24)23-14-16-25(27-3)17-15-23/h5,13-21H,2,4,6-12H2,1,3H3. The number of aryl methyl sites for hydroxylation is 2. The summed E-state index contributed by atoms with van der Waals surface area (Å²) in [5.41, 5.74) is 5.64. The number of benzene rings is 2. The number of hydrogen-bond donors (Lipinski definition) is 0. The summed E-state index contributed by atoms with van der Waals surface area (Å²) in [6.07, 6.45) is 12.4. The molecule has 1 heteroatoms. The first-order valence-corrected chi connectivity index (χ1v) is 10.6. The van der Waals surface area contributed by atoms with Crippen LogP contribution in [0.5, 0.6) is 5.75 Å². The van der Waals surface area contributed by atoms with E-state index >= 15 is 0 Å². The highest BCUT2D eigenvalue weighted by atomic mass is 16.5. The average Bonchev–Trinajstić information content (AvgIpc) is 2.73. The molecule has 1 saturated carbocycles.